The Morgan fingerprint density at radius 1 is 1.06 bits per heavy atom. The molecule has 0 saturated carbocycles. The highest BCUT2D eigenvalue weighted by atomic mass is 35.5. The van der Waals surface area contributed by atoms with Crippen LogP contribution in [-0.2, 0) is 11.4 Å². The predicted molar refractivity (Wildman–Crippen MR) is 134 cm³/mol. The van der Waals surface area contributed by atoms with Crippen LogP contribution in [0, 0.1) is 0 Å². The summed E-state index contributed by atoms with van der Waals surface area (Å²) in [7, 11) is 0. The predicted octanol–water partition coefficient (Wildman–Crippen LogP) is 6.69. The third-order valence-corrected chi connectivity index (χ3v) is 6.20. The van der Waals surface area contributed by atoms with Gasteiger partial charge in [0, 0.05) is 6.54 Å². The number of imide groups is 1. The number of thioether (sulfide) groups is 1. The van der Waals surface area contributed by atoms with Gasteiger partial charge in [-0.25, -0.2) is 0 Å². The molecule has 1 heterocycles. The molecule has 5 nitrogen and oxygen atoms in total. The minimum Gasteiger partial charge on any atom is -0.490 e. The van der Waals surface area contributed by atoms with E-state index in [-0.39, 0.29) is 17.7 Å². The number of benzene rings is 3. The molecule has 0 N–H and O–H groups in total. The Labute approximate surface area is 201 Å². The van der Waals surface area contributed by atoms with E-state index in [2.05, 4.69) is 30.8 Å². The minimum atomic E-state index is -0.351. The van der Waals surface area contributed by atoms with Crippen molar-refractivity contribution in [1.29, 1.82) is 0 Å². The van der Waals surface area contributed by atoms with Gasteiger partial charge in [-0.15, -0.1) is 6.58 Å². The third-order valence-electron chi connectivity index (χ3n) is 5.01. The summed E-state index contributed by atoms with van der Waals surface area (Å²) < 4.78 is 11.8. The topological polar surface area (TPSA) is 55.8 Å². The standard InChI is InChI=1S/C26H22ClNO4S/c1-3-11-28-25(29)23(33-26(28)30)15-18-13-21(27)24(22(14-18)31-4-2)32-16-17-9-10-19-7-5-6-8-20(19)12-17/h3,5-10,12-15H,1,4,11,16H2,2H3/b23-15+. The van der Waals surface area contributed by atoms with Crippen LogP contribution in [0.2, 0.25) is 5.02 Å². The molecule has 1 fully saturated rings. The maximum atomic E-state index is 12.5. The number of hydrogen-bond donors (Lipinski definition) is 0. The quantitative estimate of drug-likeness (QED) is 0.266. The number of halogens is 1. The molecule has 1 aliphatic rings. The van der Waals surface area contributed by atoms with E-state index in [1.807, 2.05) is 25.1 Å². The van der Waals surface area contributed by atoms with E-state index < -0.39 is 0 Å². The highest BCUT2D eigenvalue weighted by Gasteiger charge is 2.34. The number of carbonyl (C=O) groups excluding carboxylic acids is 2. The van der Waals surface area contributed by atoms with E-state index in [1.165, 1.54) is 6.08 Å². The van der Waals surface area contributed by atoms with E-state index >= 15 is 0 Å². The molecule has 0 radical (unpaired) electrons. The minimum absolute atomic E-state index is 0.175. The largest absolute Gasteiger partial charge is 0.490 e. The molecular formula is C26H22ClNO4S. The van der Waals surface area contributed by atoms with Crippen molar-refractivity contribution >= 4 is 51.4 Å². The van der Waals surface area contributed by atoms with Crippen molar-refractivity contribution in [3.05, 3.63) is 88.3 Å². The van der Waals surface area contributed by atoms with Gasteiger partial charge in [-0.05, 0) is 64.9 Å². The molecule has 0 unspecified atom stereocenters. The van der Waals surface area contributed by atoms with Gasteiger partial charge in [0.1, 0.15) is 6.61 Å². The molecular weight excluding hydrogens is 458 g/mol. The van der Waals surface area contributed by atoms with Crippen LogP contribution in [0.4, 0.5) is 4.79 Å². The average molecular weight is 480 g/mol. The molecule has 0 atom stereocenters. The molecule has 3 aromatic carbocycles. The first-order valence-corrected chi connectivity index (χ1v) is 11.6. The van der Waals surface area contributed by atoms with Crippen LogP contribution in [0.15, 0.2) is 72.2 Å². The number of rotatable bonds is 8. The van der Waals surface area contributed by atoms with Crippen LogP contribution in [0.5, 0.6) is 11.5 Å². The van der Waals surface area contributed by atoms with Crippen LogP contribution >= 0.6 is 23.4 Å². The van der Waals surface area contributed by atoms with Gasteiger partial charge in [-0.2, -0.15) is 0 Å². The zero-order chi connectivity index (χ0) is 23.4. The molecule has 7 heteroatoms. The molecule has 2 amide bonds. The normalized spacial score (nSPS) is 14.8. The van der Waals surface area contributed by atoms with Crippen molar-refractivity contribution in [3.63, 3.8) is 0 Å². The Morgan fingerprint density at radius 3 is 2.61 bits per heavy atom. The monoisotopic (exact) mass is 479 g/mol. The molecule has 1 aliphatic heterocycles. The summed E-state index contributed by atoms with van der Waals surface area (Å²) >= 11 is 7.43. The van der Waals surface area contributed by atoms with Crippen LogP contribution in [-0.4, -0.2) is 29.2 Å². The van der Waals surface area contributed by atoms with Crippen LogP contribution in [0.1, 0.15) is 18.1 Å². The Morgan fingerprint density at radius 2 is 1.85 bits per heavy atom. The van der Waals surface area contributed by atoms with Gasteiger partial charge in [-0.1, -0.05) is 54.1 Å². The second-order valence-corrected chi connectivity index (χ2v) is 8.71. The molecule has 0 bridgehead atoms. The van der Waals surface area contributed by atoms with Gasteiger partial charge in [0.2, 0.25) is 0 Å². The van der Waals surface area contributed by atoms with Gasteiger partial charge < -0.3 is 9.47 Å². The lowest BCUT2D eigenvalue weighted by molar-refractivity contribution is -0.122. The van der Waals surface area contributed by atoms with E-state index in [4.69, 9.17) is 21.1 Å². The zero-order valence-electron chi connectivity index (χ0n) is 18.0. The molecule has 168 valence electrons. The molecule has 1 saturated heterocycles. The summed E-state index contributed by atoms with van der Waals surface area (Å²) in [5, 5.41) is 2.34. The second kappa shape index (κ2) is 10.1. The van der Waals surface area contributed by atoms with E-state index in [1.54, 1.807) is 18.2 Å². The van der Waals surface area contributed by atoms with Crippen LogP contribution in [0.3, 0.4) is 0 Å². The number of carbonyl (C=O) groups is 2. The van der Waals surface area contributed by atoms with Gasteiger partial charge in [-0.3, -0.25) is 14.5 Å². The van der Waals surface area contributed by atoms with Crippen LogP contribution < -0.4 is 9.47 Å². The van der Waals surface area contributed by atoms with Crippen molar-refractivity contribution in [3.8, 4) is 11.5 Å². The molecule has 0 aliphatic carbocycles. The lowest BCUT2D eigenvalue weighted by atomic mass is 10.1. The molecule has 0 spiro atoms. The lowest BCUT2D eigenvalue weighted by Crippen LogP contribution is -2.27. The van der Waals surface area contributed by atoms with Crippen LogP contribution in [0.25, 0.3) is 16.8 Å². The smallest absolute Gasteiger partial charge is 0.293 e. The van der Waals surface area contributed by atoms with Crippen molar-refractivity contribution in [2.75, 3.05) is 13.2 Å². The first kappa shape index (κ1) is 23.0. The number of fused-ring (bicyclic) bond motifs is 1. The number of hydrogen-bond acceptors (Lipinski definition) is 5. The fraction of sp³-hybridized carbons (Fsp3) is 0.154. The van der Waals surface area contributed by atoms with E-state index in [0.717, 1.165) is 33.0 Å². The Balaban J connectivity index is 1.58. The lowest BCUT2D eigenvalue weighted by Gasteiger charge is -2.15. The highest BCUT2D eigenvalue weighted by Crippen LogP contribution is 2.39. The van der Waals surface area contributed by atoms with Gasteiger partial charge in [0.25, 0.3) is 11.1 Å². The average Bonchev–Trinajstić information content (AvgIpc) is 3.06. The van der Waals surface area contributed by atoms with E-state index in [0.29, 0.717) is 40.2 Å². The Hall–Kier alpha value is -3.22. The SMILES string of the molecule is C=CCN1C(=O)S/C(=C/c2cc(Cl)c(OCc3ccc4ccccc4c3)c(OCC)c2)C1=O. The maximum absolute atomic E-state index is 12.5. The summed E-state index contributed by atoms with van der Waals surface area (Å²) in [4.78, 5) is 26.1. The first-order valence-electron chi connectivity index (χ1n) is 10.4. The fourth-order valence-corrected chi connectivity index (χ4v) is 4.62. The molecule has 3 aromatic rings. The number of amides is 2. The first-order chi connectivity index (χ1) is 16.0. The second-order valence-electron chi connectivity index (χ2n) is 7.31. The van der Waals surface area contributed by atoms with Gasteiger partial charge >= 0.3 is 0 Å². The Bertz CT molecular complexity index is 1270. The number of nitrogens with zero attached hydrogens (tertiary/aromatic N) is 1. The van der Waals surface area contributed by atoms with Gasteiger partial charge in [0.05, 0.1) is 16.5 Å². The highest BCUT2D eigenvalue weighted by molar-refractivity contribution is 8.18. The zero-order valence-corrected chi connectivity index (χ0v) is 19.6. The van der Waals surface area contributed by atoms with Crippen molar-refractivity contribution in [1.82, 2.24) is 4.90 Å². The fourth-order valence-electron chi connectivity index (χ4n) is 3.50. The third kappa shape index (κ3) is 5.07. The summed E-state index contributed by atoms with van der Waals surface area (Å²) in [6, 6.07) is 17.7. The van der Waals surface area contributed by atoms with Gasteiger partial charge in [0.15, 0.2) is 11.5 Å². The number of ether oxygens (including phenoxy) is 2. The van der Waals surface area contributed by atoms with Crippen molar-refractivity contribution in [2.24, 2.45) is 0 Å². The Kier molecular flexibility index (Phi) is 7.06. The summed E-state index contributed by atoms with van der Waals surface area (Å²) in [6.45, 7) is 6.37. The summed E-state index contributed by atoms with van der Waals surface area (Å²) in [6.07, 6.45) is 3.15. The molecule has 4 rings (SSSR count). The van der Waals surface area contributed by atoms with E-state index in [9.17, 15) is 9.59 Å². The summed E-state index contributed by atoms with van der Waals surface area (Å²) in [5.41, 5.74) is 1.65. The van der Waals surface area contributed by atoms with Crippen molar-refractivity contribution < 1.29 is 19.1 Å². The molecule has 33 heavy (non-hydrogen) atoms. The van der Waals surface area contributed by atoms with Crippen molar-refractivity contribution in [2.45, 2.75) is 13.5 Å². The summed E-state index contributed by atoms with van der Waals surface area (Å²) in [5.74, 6) is 0.557. The molecule has 0 aromatic heterocycles. The maximum Gasteiger partial charge on any atom is 0.293 e.